The van der Waals surface area contributed by atoms with Gasteiger partial charge >= 0.3 is 12.5 Å². The van der Waals surface area contributed by atoms with Crippen LogP contribution in [0.2, 0.25) is 0 Å². The van der Waals surface area contributed by atoms with E-state index in [0.29, 0.717) is 19.3 Å². The number of pyridine rings is 2. The standard InChI is InChI=1S/C21H17F6N3O4/c22-20(23,24)16-4-2-12(6-29-16)33-8-17(32)30-19-9-18(10-19,11-19)5-15(31)14-3-1-13(7-28-14)34-21(25,26)27/h1-4,6-7H,5,8-11H2,(H,30,32). The molecule has 3 aliphatic carbocycles. The number of rotatable bonds is 8. The van der Waals surface area contributed by atoms with Crippen molar-refractivity contribution in [1.29, 1.82) is 0 Å². The zero-order valence-electron chi connectivity index (χ0n) is 17.3. The average molecular weight is 489 g/mol. The number of amides is 1. The molecule has 34 heavy (non-hydrogen) atoms. The van der Waals surface area contributed by atoms with Gasteiger partial charge in [-0.15, -0.1) is 13.2 Å². The van der Waals surface area contributed by atoms with Crippen LogP contribution in [0.5, 0.6) is 11.5 Å². The molecule has 13 heteroatoms. The van der Waals surface area contributed by atoms with Gasteiger partial charge in [-0.3, -0.25) is 9.59 Å². The first-order valence-corrected chi connectivity index (χ1v) is 9.99. The number of ketones is 1. The Morgan fingerprint density at radius 3 is 2.12 bits per heavy atom. The number of hydrogen-bond acceptors (Lipinski definition) is 6. The minimum absolute atomic E-state index is 0.0157. The van der Waals surface area contributed by atoms with Gasteiger partial charge in [-0.05, 0) is 48.9 Å². The molecule has 3 fully saturated rings. The van der Waals surface area contributed by atoms with E-state index in [2.05, 4.69) is 20.0 Å². The van der Waals surface area contributed by atoms with Crippen LogP contribution in [0.3, 0.4) is 0 Å². The minimum Gasteiger partial charge on any atom is -0.482 e. The van der Waals surface area contributed by atoms with Crippen LogP contribution >= 0.6 is 0 Å². The summed E-state index contributed by atoms with van der Waals surface area (Å²) >= 11 is 0. The maximum atomic E-state index is 12.5. The quantitative estimate of drug-likeness (QED) is 0.444. The van der Waals surface area contributed by atoms with Gasteiger partial charge in [-0.1, -0.05) is 0 Å². The van der Waals surface area contributed by atoms with Crippen molar-refractivity contribution in [2.24, 2.45) is 5.41 Å². The molecule has 3 aliphatic rings. The van der Waals surface area contributed by atoms with Crippen LogP contribution in [0.25, 0.3) is 0 Å². The first-order valence-electron chi connectivity index (χ1n) is 9.99. The molecule has 0 radical (unpaired) electrons. The summed E-state index contributed by atoms with van der Waals surface area (Å²) in [5.74, 6) is -1.29. The lowest BCUT2D eigenvalue weighted by Crippen LogP contribution is -2.75. The van der Waals surface area contributed by atoms with Crippen molar-refractivity contribution in [1.82, 2.24) is 15.3 Å². The number of aromatic nitrogens is 2. The summed E-state index contributed by atoms with van der Waals surface area (Å²) in [5.41, 5.74) is -1.81. The Bertz CT molecular complexity index is 1060. The normalized spacial score (nSPS) is 23.4. The lowest BCUT2D eigenvalue weighted by Gasteiger charge is -2.70. The highest BCUT2D eigenvalue weighted by Gasteiger charge is 2.68. The van der Waals surface area contributed by atoms with E-state index in [9.17, 15) is 35.9 Å². The maximum absolute atomic E-state index is 12.5. The first kappa shape index (κ1) is 23.8. The fourth-order valence-electron chi connectivity index (χ4n) is 4.60. The molecule has 0 aliphatic heterocycles. The van der Waals surface area contributed by atoms with Gasteiger partial charge in [0.05, 0.1) is 12.4 Å². The lowest BCUT2D eigenvalue weighted by atomic mass is 9.38. The molecule has 0 saturated heterocycles. The molecule has 2 heterocycles. The topological polar surface area (TPSA) is 90.4 Å². The van der Waals surface area contributed by atoms with Gasteiger partial charge in [0.15, 0.2) is 12.4 Å². The fourth-order valence-corrected chi connectivity index (χ4v) is 4.60. The average Bonchev–Trinajstić information content (AvgIpc) is 2.68. The van der Waals surface area contributed by atoms with Gasteiger partial charge in [0, 0.05) is 12.0 Å². The zero-order chi connectivity index (χ0) is 24.8. The third-order valence-corrected chi connectivity index (χ3v) is 5.73. The smallest absolute Gasteiger partial charge is 0.482 e. The summed E-state index contributed by atoms with van der Waals surface area (Å²) < 4.78 is 83.0. The summed E-state index contributed by atoms with van der Waals surface area (Å²) in [7, 11) is 0. The summed E-state index contributed by atoms with van der Waals surface area (Å²) in [6.07, 6.45) is -5.91. The van der Waals surface area contributed by atoms with Crippen LogP contribution in [0.15, 0.2) is 36.7 Å². The van der Waals surface area contributed by atoms with E-state index < -0.39 is 42.0 Å². The number of nitrogens with zero attached hydrogens (tertiary/aromatic N) is 2. The molecule has 0 unspecified atom stereocenters. The summed E-state index contributed by atoms with van der Waals surface area (Å²) in [5, 5.41) is 2.82. The summed E-state index contributed by atoms with van der Waals surface area (Å²) in [4.78, 5) is 31.6. The van der Waals surface area contributed by atoms with Gasteiger partial charge in [-0.25, -0.2) is 9.97 Å². The number of alkyl halides is 6. The molecule has 7 nitrogen and oxygen atoms in total. The van der Waals surface area contributed by atoms with E-state index in [1.807, 2.05) is 0 Å². The number of carbonyl (C=O) groups excluding carboxylic acids is 2. The summed E-state index contributed by atoms with van der Waals surface area (Å²) in [6.45, 7) is -0.406. The van der Waals surface area contributed by atoms with Gasteiger partial charge < -0.3 is 14.8 Å². The third kappa shape index (κ3) is 5.23. The third-order valence-electron chi connectivity index (χ3n) is 5.73. The Hall–Kier alpha value is -3.38. The first-order chi connectivity index (χ1) is 15.8. The van der Waals surface area contributed by atoms with E-state index in [4.69, 9.17) is 4.74 Å². The van der Waals surface area contributed by atoms with Gasteiger partial charge in [-0.2, -0.15) is 13.2 Å². The second-order valence-electron chi connectivity index (χ2n) is 8.55. The van der Waals surface area contributed by atoms with Crippen LogP contribution in [0, 0.1) is 5.41 Å². The molecule has 3 saturated carbocycles. The largest absolute Gasteiger partial charge is 0.573 e. The molecule has 0 spiro atoms. The Labute approximate surface area is 188 Å². The molecule has 1 N–H and O–H groups in total. The molecular weight excluding hydrogens is 472 g/mol. The highest BCUT2D eigenvalue weighted by atomic mass is 19.4. The predicted molar refractivity (Wildman–Crippen MR) is 102 cm³/mol. The number of Topliss-reactive ketones (excluding diaryl/α,β-unsaturated/α-hetero) is 1. The molecule has 5 rings (SSSR count). The highest BCUT2D eigenvalue weighted by Crippen LogP contribution is 2.69. The number of halogens is 6. The van der Waals surface area contributed by atoms with Gasteiger partial charge in [0.2, 0.25) is 0 Å². The highest BCUT2D eigenvalue weighted by molar-refractivity contribution is 5.95. The van der Waals surface area contributed by atoms with Crippen molar-refractivity contribution >= 4 is 11.7 Å². The van der Waals surface area contributed by atoms with Crippen molar-refractivity contribution in [3.8, 4) is 11.5 Å². The molecule has 2 bridgehead atoms. The predicted octanol–water partition coefficient (Wildman–Crippen LogP) is 4.08. The van der Waals surface area contributed by atoms with Crippen LogP contribution < -0.4 is 14.8 Å². The van der Waals surface area contributed by atoms with Crippen molar-refractivity contribution in [3.05, 3.63) is 48.0 Å². The molecule has 0 aromatic carbocycles. The summed E-state index contributed by atoms with van der Waals surface area (Å²) in [6, 6.07) is 4.00. The molecule has 1 amide bonds. The van der Waals surface area contributed by atoms with Crippen molar-refractivity contribution in [3.63, 3.8) is 0 Å². The van der Waals surface area contributed by atoms with E-state index in [1.54, 1.807) is 0 Å². The number of carbonyl (C=O) groups is 2. The van der Waals surface area contributed by atoms with Crippen LogP contribution in [-0.2, 0) is 11.0 Å². The van der Waals surface area contributed by atoms with Crippen LogP contribution in [-0.4, -0.2) is 40.2 Å². The Morgan fingerprint density at radius 1 is 0.941 bits per heavy atom. The van der Waals surface area contributed by atoms with Crippen molar-refractivity contribution < 1.29 is 45.4 Å². The Morgan fingerprint density at radius 2 is 1.59 bits per heavy atom. The second kappa shape index (κ2) is 8.13. The van der Waals surface area contributed by atoms with Crippen LogP contribution in [0.1, 0.15) is 41.9 Å². The zero-order valence-corrected chi connectivity index (χ0v) is 17.3. The van der Waals surface area contributed by atoms with Gasteiger partial charge in [0.25, 0.3) is 5.91 Å². The molecule has 182 valence electrons. The number of hydrogen-bond donors (Lipinski definition) is 1. The number of ether oxygens (including phenoxy) is 2. The lowest BCUT2D eigenvalue weighted by molar-refractivity contribution is -0.274. The SMILES string of the molecule is O=C(COc1ccc(C(F)(F)F)nc1)NC12CC(CC(=O)c3ccc(OC(F)(F)F)cn3)(C1)C2. The monoisotopic (exact) mass is 489 g/mol. The molecular formula is C21H17F6N3O4. The maximum Gasteiger partial charge on any atom is 0.573 e. The van der Waals surface area contributed by atoms with E-state index >= 15 is 0 Å². The molecule has 0 atom stereocenters. The Balaban J connectivity index is 1.21. The van der Waals surface area contributed by atoms with Crippen molar-refractivity contribution in [2.45, 2.75) is 43.8 Å². The minimum atomic E-state index is -4.85. The molecule has 2 aromatic rings. The second-order valence-corrected chi connectivity index (χ2v) is 8.55. The Kier molecular flexibility index (Phi) is 5.68. The van der Waals surface area contributed by atoms with E-state index in [1.165, 1.54) is 6.07 Å². The van der Waals surface area contributed by atoms with E-state index in [-0.39, 0.29) is 29.1 Å². The molecule has 2 aromatic heterocycles. The number of nitrogens with one attached hydrogen (secondary N) is 1. The van der Waals surface area contributed by atoms with E-state index in [0.717, 1.165) is 30.6 Å². The van der Waals surface area contributed by atoms with Crippen LogP contribution in [0.4, 0.5) is 26.3 Å². The van der Waals surface area contributed by atoms with Crippen molar-refractivity contribution in [2.75, 3.05) is 6.61 Å². The fraction of sp³-hybridized carbons (Fsp3) is 0.429. The van der Waals surface area contributed by atoms with Gasteiger partial charge in [0.1, 0.15) is 22.9 Å².